The summed E-state index contributed by atoms with van der Waals surface area (Å²) in [6.45, 7) is 4.02. The predicted molar refractivity (Wildman–Crippen MR) is 177 cm³/mol. The first kappa shape index (κ1) is 34.0. The lowest BCUT2D eigenvalue weighted by atomic mass is 9.75. The van der Waals surface area contributed by atoms with Gasteiger partial charge in [-0.05, 0) is 53.6 Å². The van der Waals surface area contributed by atoms with Gasteiger partial charge in [-0.25, -0.2) is 23.5 Å². The summed E-state index contributed by atoms with van der Waals surface area (Å²) in [6.07, 6.45) is 5.43. The molecule has 1 fully saturated rings. The fourth-order valence-corrected chi connectivity index (χ4v) is 6.57. The average molecular weight is 697 g/mol. The van der Waals surface area contributed by atoms with Crippen LogP contribution in [0.5, 0.6) is 0 Å². The van der Waals surface area contributed by atoms with Crippen LogP contribution in [0.25, 0.3) is 16.8 Å². The number of carbonyl (C=O) groups excluding carboxylic acids is 2. The van der Waals surface area contributed by atoms with Crippen LogP contribution in [0.4, 0.5) is 18.0 Å². The number of hydrogen-bond acceptors (Lipinski definition) is 7. The van der Waals surface area contributed by atoms with E-state index in [9.17, 15) is 22.8 Å². The Balaban J connectivity index is 1.38. The average Bonchev–Trinajstić information content (AvgIpc) is 3.78. The number of alkyl halides is 3. The van der Waals surface area contributed by atoms with Crippen LogP contribution < -0.4 is 5.73 Å². The van der Waals surface area contributed by atoms with E-state index < -0.39 is 41.2 Å². The van der Waals surface area contributed by atoms with E-state index in [4.69, 9.17) is 27.1 Å². The van der Waals surface area contributed by atoms with Gasteiger partial charge in [0.15, 0.2) is 11.5 Å². The fraction of sp³-hybridized carbons (Fsp3) is 0.382. The number of aliphatic imine (C=N–C) groups is 1. The van der Waals surface area contributed by atoms with E-state index in [0.717, 1.165) is 0 Å². The van der Waals surface area contributed by atoms with Crippen molar-refractivity contribution in [2.45, 2.75) is 57.9 Å². The third-order valence-electron chi connectivity index (χ3n) is 8.49. The number of carbonyl (C=O) groups is 2. The molecule has 2 aliphatic rings. The number of rotatable bonds is 9. The Bertz CT molecular complexity index is 1880. The number of nitrogens with zero attached hydrogens (tertiary/aromatic N) is 7. The zero-order valence-corrected chi connectivity index (χ0v) is 28.1. The minimum atomic E-state index is -2.78. The van der Waals surface area contributed by atoms with E-state index >= 15 is 0 Å². The van der Waals surface area contributed by atoms with Crippen molar-refractivity contribution in [2.24, 2.45) is 16.1 Å². The number of aromatic nitrogens is 4. The van der Waals surface area contributed by atoms with Crippen LogP contribution in [0.3, 0.4) is 0 Å². The Labute approximate surface area is 286 Å². The van der Waals surface area contributed by atoms with Gasteiger partial charge in [0.1, 0.15) is 12.3 Å². The van der Waals surface area contributed by atoms with Gasteiger partial charge in [-0.3, -0.25) is 9.69 Å². The molecule has 2 amide bonds. The van der Waals surface area contributed by atoms with Gasteiger partial charge in [-0.15, -0.1) is 0 Å². The number of likely N-dealkylation sites (tertiary alicyclic amines) is 1. The summed E-state index contributed by atoms with van der Waals surface area (Å²) in [4.78, 5) is 35.2. The summed E-state index contributed by atoms with van der Waals surface area (Å²) < 4.78 is 48.3. The van der Waals surface area contributed by atoms with E-state index in [1.807, 2.05) is 20.8 Å². The molecule has 6 rings (SSSR count). The summed E-state index contributed by atoms with van der Waals surface area (Å²) >= 11 is 6.54. The molecular formula is C34H36ClF3N8O3. The van der Waals surface area contributed by atoms with Crippen molar-refractivity contribution in [1.29, 1.82) is 0 Å². The van der Waals surface area contributed by atoms with Crippen molar-refractivity contribution in [2.75, 3.05) is 19.7 Å². The topological polar surface area (TPSA) is 124 Å². The molecule has 49 heavy (non-hydrogen) atoms. The number of guanidine groups is 1. The highest BCUT2D eigenvalue weighted by atomic mass is 35.5. The molecule has 2 aliphatic heterocycles. The number of amides is 2. The van der Waals surface area contributed by atoms with Crippen molar-refractivity contribution in [3.8, 4) is 16.8 Å². The van der Waals surface area contributed by atoms with Crippen molar-refractivity contribution < 1.29 is 27.5 Å². The van der Waals surface area contributed by atoms with Gasteiger partial charge in [0.2, 0.25) is 0 Å². The Morgan fingerprint density at radius 3 is 2.41 bits per heavy atom. The summed E-state index contributed by atoms with van der Waals surface area (Å²) in [5.41, 5.74) is 5.92. The Kier molecular flexibility index (Phi) is 8.72. The van der Waals surface area contributed by atoms with Crippen LogP contribution in [0.15, 0.2) is 78.3 Å². The second kappa shape index (κ2) is 12.6. The zero-order chi connectivity index (χ0) is 35.3. The molecule has 11 nitrogen and oxygen atoms in total. The molecule has 258 valence electrons. The Morgan fingerprint density at radius 1 is 1.10 bits per heavy atom. The Hall–Kier alpha value is -4.85. The van der Waals surface area contributed by atoms with Gasteiger partial charge in [0.25, 0.3) is 5.91 Å². The molecule has 4 aromatic rings. The van der Waals surface area contributed by atoms with Gasteiger partial charge in [-0.2, -0.15) is 19.0 Å². The highest BCUT2D eigenvalue weighted by Gasteiger charge is 2.53. The lowest BCUT2D eigenvalue weighted by Gasteiger charge is -2.41. The highest BCUT2D eigenvalue weighted by Crippen LogP contribution is 2.45. The third kappa shape index (κ3) is 6.74. The molecule has 15 heteroatoms. The number of benzene rings is 2. The van der Waals surface area contributed by atoms with Gasteiger partial charge >= 0.3 is 12.6 Å². The summed E-state index contributed by atoms with van der Waals surface area (Å²) in [5, 5.41) is 8.39. The molecule has 0 unspecified atom stereocenters. The van der Waals surface area contributed by atoms with Crippen LogP contribution in [0, 0.1) is 5.41 Å². The molecule has 2 aromatic heterocycles. The van der Waals surface area contributed by atoms with Crippen LogP contribution >= 0.6 is 11.6 Å². The van der Waals surface area contributed by atoms with Gasteiger partial charge in [0.05, 0.1) is 36.0 Å². The van der Waals surface area contributed by atoms with Crippen molar-refractivity contribution in [3.05, 3.63) is 89.5 Å². The minimum Gasteiger partial charge on any atom is -0.447 e. The van der Waals surface area contributed by atoms with Crippen molar-refractivity contribution >= 4 is 29.6 Å². The van der Waals surface area contributed by atoms with E-state index in [1.54, 1.807) is 65.6 Å². The minimum absolute atomic E-state index is 0.0894. The van der Waals surface area contributed by atoms with Gasteiger partial charge < -0.3 is 15.4 Å². The van der Waals surface area contributed by atoms with Crippen LogP contribution in [0.1, 0.15) is 57.8 Å². The van der Waals surface area contributed by atoms with Crippen molar-refractivity contribution in [3.63, 3.8) is 0 Å². The van der Waals surface area contributed by atoms with E-state index in [0.29, 0.717) is 37.6 Å². The summed E-state index contributed by atoms with van der Waals surface area (Å²) in [5.74, 6) is -0.538. The Morgan fingerprint density at radius 2 is 1.82 bits per heavy atom. The molecule has 1 saturated heterocycles. The molecular weight excluding hydrogens is 661 g/mol. The molecule has 2 atom stereocenters. The van der Waals surface area contributed by atoms with E-state index in [-0.39, 0.29) is 32.1 Å². The second-order valence-electron chi connectivity index (χ2n) is 13.8. The van der Waals surface area contributed by atoms with E-state index in [1.165, 1.54) is 29.1 Å². The van der Waals surface area contributed by atoms with Crippen molar-refractivity contribution in [1.82, 2.24) is 29.4 Å². The maximum Gasteiger partial charge on any atom is 0.410 e. The van der Waals surface area contributed by atoms with Gasteiger partial charge in [-0.1, -0.05) is 62.7 Å². The van der Waals surface area contributed by atoms with Crippen LogP contribution in [-0.2, 0) is 15.1 Å². The molecule has 0 spiro atoms. The van der Waals surface area contributed by atoms with Crippen LogP contribution in [-0.4, -0.2) is 72.7 Å². The third-order valence-corrected chi connectivity index (χ3v) is 8.81. The molecule has 0 saturated carbocycles. The fourth-order valence-electron chi connectivity index (χ4n) is 6.37. The maximum absolute atomic E-state index is 14.9. The molecule has 0 aliphatic carbocycles. The number of nitrogens with two attached hydrogens (primary N) is 1. The van der Waals surface area contributed by atoms with Gasteiger partial charge in [0, 0.05) is 24.2 Å². The molecule has 0 radical (unpaired) electrons. The normalized spacial score (nSPS) is 19.6. The smallest absolute Gasteiger partial charge is 0.410 e. The predicted octanol–water partition coefficient (Wildman–Crippen LogP) is 6.49. The standard InChI is InChI=1S/C34H36ClF3N8O3/c1-32(2,3)18-34(24-9-6-21(7-10-24)23-15-41-45(16-23)29(36)37)28(47)46(30(39)42-34)27(17-49-31(48)43-19-33(4,38)20-43)22-8-11-25(35)26(14-22)44-13-5-12-40-44/h5-16,27,29H,17-20H2,1-4H3,(H2,39,42)/t27-,34-/m1/s1. The molecule has 2 N–H and O–H groups in total. The largest absolute Gasteiger partial charge is 0.447 e. The molecule has 2 aromatic carbocycles. The van der Waals surface area contributed by atoms with Crippen LogP contribution in [0.2, 0.25) is 5.02 Å². The lowest BCUT2D eigenvalue weighted by Crippen LogP contribution is -2.59. The SMILES string of the molecule is CC(C)(C)C[C@]1(c2ccc(-c3cnn(C(F)F)c3)cc2)N=C(N)N([C@H](COC(=O)N2CC(C)(F)C2)c2ccc(Cl)c(-n3cccn3)c2)C1=O. The summed E-state index contributed by atoms with van der Waals surface area (Å²) in [7, 11) is 0. The number of hydrogen-bond donors (Lipinski definition) is 1. The quantitative estimate of drug-likeness (QED) is 0.213. The monoisotopic (exact) mass is 696 g/mol. The second-order valence-corrected chi connectivity index (χ2v) is 14.2. The highest BCUT2D eigenvalue weighted by molar-refractivity contribution is 6.32. The maximum atomic E-state index is 14.9. The first-order chi connectivity index (χ1) is 23.1. The molecule has 0 bridgehead atoms. The molecule has 4 heterocycles. The lowest BCUT2D eigenvalue weighted by molar-refractivity contribution is -0.135. The summed E-state index contributed by atoms with van der Waals surface area (Å²) in [6, 6.07) is 12.8. The van der Waals surface area contributed by atoms with E-state index in [2.05, 4.69) is 10.2 Å². The number of ether oxygens (including phenoxy) is 1. The first-order valence-electron chi connectivity index (χ1n) is 15.6. The number of halogens is 4. The zero-order valence-electron chi connectivity index (χ0n) is 27.4. The first-order valence-corrected chi connectivity index (χ1v) is 16.0.